The van der Waals surface area contributed by atoms with Crippen LogP contribution in [-0.4, -0.2) is 31.2 Å². The number of imidazole rings is 1. The molecule has 3 rings (SSSR count). The number of fused-ring (bicyclic) bond motifs is 1. The number of nitrogens with two attached hydrogens (primary N) is 1. The zero-order valence-electron chi connectivity index (χ0n) is 12.2. The van der Waals surface area contributed by atoms with E-state index < -0.39 is 5.91 Å². The number of hydrogen-bond donors (Lipinski definition) is 3. The Labute approximate surface area is 152 Å². The van der Waals surface area contributed by atoms with Crippen LogP contribution in [0.3, 0.4) is 0 Å². The van der Waals surface area contributed by atoms with Crippen LogP contribution < -0.4 is 11.1 Å². The molecule has 1 amide bonds. The lowest BCUT2D eigenvalue weighted by Gasteiger charge is -2.11. The second kappa shape index (κ2) is 6.84. The lowest BCUT2D eigenvalue weighted by Crippen LogP contribution is -2.15. The first-order chi connectivity index (χ1) is 11.5. The first-order valence-corrected chi connectivity index (χ1v) is 8.22. The van der Waals surface area contributed by atoms with Crippen molar-refractivity contribution < 1.29 is 4.79 Å². The van der Waals surface area contributed by atoms with Crippen LogP contribution in [0.25, 0.3) is 11.0 Å². The number of nitrogens with zero attached hydrogens (tertiary/aromatic N) is 4. The fraction of sp³-hybridized carbons (Fsp3) is 0.143. The topological polar surface area (TPSA) is 98.7 Å². The molecule has 0 saturated heterocycles. The molecule has 3 heterocycles. The minimum atomic E-state index is -0.427. The molecule has 0 aliphatic heterocycles. The largest absolute Gasteiger partial charge is 0.382 e. The SMILES string of the molecule is Nc1ncc(C(=O)Nc2c(Cl)cncc2Cl)c2c1ncn2CCS. The molecule has 0 spiro atoms. The van der Waals surface area contributed by atoms with E-state index in [2.05, 4.69) is 32.9 Å². The summed E-state index contributed by atoms with van der Waals surface area (Å²) < 4.78 is 1.80. The zero-order chi connectivity index (χ0) is 17.3. The first kappa shape index (κ1) is 16.8. The second-order valence-corrected chi connectivity index (χ2v) is 6.11. The standard InChI is InChI=1S/C14H12Cl2N6OS/c15-8-4-18-5-9(16)10(8)21-14(23)7-3-19-13(17)11-12(7)22(1-2-24)6-20-11/h3-6,24H,1-2H2,(H2,17,19)(H,18,21,23). The lowest BCUT2D eigenvalue weighted by atomic mass is 10.2. The van der Waals surface area contributed by atoms with Gasteiger partial charge in [0.2, 0.25) is 0 Å². The smallest absolute Gasteiger partial charge is 0.259 e. The van der Waals surface area contributed by atoms with Gasteiger partial charge < -0.3 is 15.6 Å². The summed E-state index contributed by atoms with van der Waals surface area (Å²) in [6.07, 6.45) is 5.78. The second-order valence-electron chi connectivity index (χ2n) is 4.85. The summed E-state index contributed by atoms with van der Waals surface area (Å²) in [5.41, 5.74) is 7.47. The van der Waals surface area contributed by atoms with Crippen molar-refractivity contribution in [3.63, 3.8) is 0 Å². The van der Waals surface area contributed by atoms with Crippen molar-refractivity contribution in [1.82, 2.24) is 19.5 Å². The molecule has 3 aromatic heterocycles. The normalized spacial score (nSPS) is 11.0. The van der Waals surface area contributed by atoms with Gasteiger partial charge in [-0.1, -0.05) is 23.2 Å². The fourth-order valence-electron chi connectivity index (χ4n) is 2.26. The number of aryl methyl sites for hydroxylation is 1. The van der Waals surface area contributed by atoms with Gasteiger partial charge >= 0.3 is 0 Å². The van der Waals surface area contributed by atoms with Crippen LogP contribution in [0.4, 0.5) is 11.5 Å². The molecule has 124 valence electrons. The molecule has 0 aliphatic carbocycles. The Bertz CT molecular complexity index is 909. The molecule has 3 N–H and O–H groups in total. The number of rotatable bonds is 4. The first-order valence-electron chi connectivity index (χ1n) is 6.83. The van der Waals surface area contributed by atoms with Crippen molar-refractivity contribution in [1.29, 1.82) is 0 Å². The average molecular weight is 383 g/mol. The van der Waals surface area contributed by atoms with Crippen molar-refractivity contribution >= 4 is 64.3 Å². The third-order valence-corrected chi connectivity index (χ3v) is 4.12. The van der Waals surface area contributed by atoms with Gasteiger partial charge in [0, 0.05) is 30.9 Å². The summed E-state index contributed by atoms with van der Waals surface area (Å²) in [7, 11) is 0. The van der Waals surface area contributed by atoms with E-state index in [9.17, 15) is 4.79 Å². The summed E-state index contributed by atoms with van der Waals surface area (Å²) in [5.74, 6) is 0.402. The molecule has 3 aromatic rings. The third kappa shape index (κ3) is 3.00. The van der Waals surface area contributed by atoms with Gasteiger partial charge in [-0.25, -0.2) is 9.97 Å². The monoisotopic (exact) mass is 382 g/mol. The lowest BCUT2D eigenvalue weighted by molar-refractivity contribution is 0.102. The number of thiol groups is 1. The number of hydrogen-bond acceptors (Lipinski definition) is 6. The Hall–Kier alpha value is -2.03. The minimum absolute atomic E-state index is 0.236. The van der Waals surface area contributed by atoms with Gasteiger partial charge in [-0.05, 0) is 0 Å². The van der Waals surface area contributed by atoms with Crippen molar-refractivity contribution in [2.45, 2.75) is 6.54 Å². The minimum Gasteiger partial charge on any atom is -0.382 e. The van der Waals surface area contributed by atoms with E-state index in [4.69, 9.17) is 28.9 Å². The highest BCUT2D eigenvalue weighted by Crippen LogP contribution is 2.30. The molecule has 0 saturated carbocycles. The molecule has 0 unspecified atom stereocenters. The molecule has 0 radical (unpaired) electrons. The number of nitrogens with one attached hydrogen (secondary N) is 1. The highest BCUT2D eigenvalue weighted by atomic mass is 35.5. The van der Waals surface area contributed by atoms with Gasteiger partial charge in [0.05, 0.1) is 33.1 Å². The van der Waals surface area contributed by atoms with E-state index in [-0.39, 0.29) is 21.6 Å². The Balaban J connectivity index is 2.07. The summed E-state index contributed by atoms with van der Waals surface area (Å²) >= 11 is 16.3. The molecular weight excluding hydrogens is 371 g/mol. The maximum absolute atomic E-state index is 12.7. The average Bonchev–Trinajstić information content (AvgIpc) is 2.97. The third-order valence-electron chi connectivity index (χ3n) is 3.35. The number of amides is 1. The molecule has 0 fully saturated rings. The molecule has 0 atom stereocenters. The van der Waals surface area contributed by atoms with Gasteiger partial charge in [0.1, 0.15) is 5.52 Å². The molecule has 0 aromatic carbocycles. The zero-order valence-corrected chi connectivity index (χ0v) is 14.6. The number of anilines is 2. The van der Waals surface area contributed by atoms with Crippen molar-refractivity contribution in [3.05, 3.63) is 40.5 Å². The number of carbonyl (C=O) groups excluding carboxylic acids is 1. The van der Waals surface area contributed by atoms with E-state index in [0.29, 0.717) is 28.9 Å². The number of nitrogen functional groups attached to an aromatic ring is 1. The van der Waals surface area contributed by atoms with Crippen LogP contribution in [0.15, 0.2) is 24.9 Å². The van der Waals surface area contributed by atoms with Gasteiger partial charge in [-0.15, -0.1) is 0 Å². The van der Waals surface area contributed by atoms with Crippen LogP contribution in [0, 0.1) is 0 Å². The predicted molar refractivity (Wildman–Crippen MR) is 98.0 cm³/mol. The van der Waals surface area contributed by atoms with Gasteiger partial charge in [-0.2, -0.15) is 12.6 Å². The molecule has 10 heteroatoms. The molecule has 0 aliphatic rings. The van der Waals surface area contributed by atoms with Crippen molar-refractivity contribution in [2.24, 2.45) is 0 Å². The molecule has 7 nitrogen and oxygen atoms in total. The Morgan fingerprint density at radius 3 is 2.62 bits per heavy atom. The Kier molecular flexibility index (Phi) is 4.79. The van der Waals surface area contributed by atoms with Crippen molar-refractivity contribution in [3.8, 4) is 0 Å². The number of halogens is 2. The van der Waals surface area contributed by atoms with Gasteiger partial charge in [-0.3, -0.25) is 9.78 Å². The summed E-state index contributed by atoms with van der Waals surface area (Å²) in [5, 5.41) is 3.15. The Morgan fingerprint density at radius 1 is 1.25 bits per heavy atom. The van der Waals surface area contributed by atoms with E-state index in [1.54, 1.807) is 10.9 Å². The molecule has 24 heavy (non-hydrogen) atoms. The maximum atomic E-state index is 12.7. The van der Waals surface area contributed by atoms with E-state index in [0.717, 1.165) is 0 Å². The molecule has 0 bridgehead atoms. The summed E-state index contributed by atoms with van der Waals surface area (Å²) in [4.78, 5) is 24.8. The summed E-state index contributed by atoms with van der Waals surface area (Å²) in [6.45, 7) is 0.570. The van der Waals surface area contributed by atoms with Crippen LogP contribution in [0.5, 0.6) is 0 Å². The maximum Gasteiger partial charge on any atom is 0.259 e. The predicted octanol–water partition coefficient (Wildman–Crippen LogP) is 2.90. The van der Waals surface area contributed by atoms with Crippen LogP contribution in [-0.2, 0) is 6.54 Å². The summed E-state index contributed by atoms with van der Waals surface area (Å²) in [6, 6.07) is 0. The Morgan fingerprint density at radius 2 is 1.96 bits per heavy atom. The highest BCUT2D eigenvalue weighted by molar-refractivity contribution is 7.80. The highest BCUT2D eigenvalue weighted by Gasteiger charge is 2.19. The van der Waals surface area contributed by atoms with Crippen molar-refractivity contribution in [2.75, 3.05) is 16.8 Å². The number of carbonyl (C=O) groups is 1. The quantitative estimate of drug-likeness (QED) is 0.602. The van der Waals surface area contributed by atoms with Gasteiger partial charge in [0.15, 0.2) is 5.82 Å². The number of pyridine rings is 2. The number of aromatic nitrogens is 4. The fourth-order valence-corrected chi connectivity index (χ4v) is 2.94. The van der Waals surface area contributed by atoms with Gasteiger partial charge in [0.25, 0.3) is 5.91 Å². The van der Waals surface area contributed by atoms with Crippen LogP contribution in [0.1, 0.15) is 10.4 Å². The van der Waals surface area contributed by atoms with E-state index >= 15 is 0 Å². The molecular formula is C14H12Cl2N6OS. The van der Waals surface area contributed by atoms with Crippen LogP contribution in [0.2, 0.25) is 10.0 Å². The van der Waals surface area contributed by atoms with E-state index in [1.165, 1.54) is 18.6 Å². The van der Waals surface area contributed by atoms with E-state index in [1.807, 2.05) is 0 Å². The van der Waals surface area contributed by atoms with Crippen LogP contribution >= 0.6 is 35.8 Å².